The minimum absolute atomic E-state index is 0.00425. The van der Waals surface area contributed by atoms with Crippen LogP contribution in [0.15, 0.2) is 12.5 Å². The lowest BCUT2D eigenvalue weighted by molar-refractivity contribution is -0.122. The highest BCUT2D eigenvalue weighted by Gasteiger charge is 2.28. The van der Waals surface area contributed by atoms with Crippen molar-refractivity contribution >= 4 is 34.5 Å². The Balaban J connectivity index is 1.50. The van der Waals surface area contributed by atoms with Crippen molar-refractivity contribution in [1.82, 2.24) is 24.6 Å². The average Bonchev–Trinajstić information content (AvgIpc) is 3.16. The van der Waals surface area contributed by atoms with Crippen molar-refractivity contribution in [2.75, 3.05) is 24.1 Å². The van der Waals surface area contributed by atoms with E-state index in [1.54, 1.807) is 6.20 Å². The van der Waals surface area contributed by atoms with E-state index in [4.69, 9.17) is 11.8 Å². The fraction of sp³-hybridized carbons (Fsp3) is 0.684. The first-order valence-electron chi connectivity index (χ1n) is 10.1. The minimum atomic E-state index is -0.0579. The number of amides is 1. The van der Waals surface area contributed by atoms with Gasteiger partial charge >= 0.3 is 0 Å². The van der Waals surface area contributed by atoms with E-state index in [0.29, 0.717) is 5.82 Å². The van der Waals surface area contributed by atoms with E-state index < -0.39 is 0 Å². The Hall–Kier alpha value is -1.73. The molecule has 0 spiro atoms. The second kappa shape index (κ2) is 8.52. The zero-order valence-corrected chi connectivity index (χ0v) is 16.4. The van der Waals surface area contributed by atoms with Crippen molar-refractivity contribution in [2.24, 2.45) is 5.92 Å². The van der Waals surface area contributed by atoms with Crippen LogP contribution in [0.3, 0.4) is 0 Å². The average molecular weight is 391 g/mol. The summed E-state index contributed by atoms with van der Waals surface area (Å²) in [6, 6.07) is 0. The van der Waals surface area contributed by atoms with Crippen LogP contribution in [0.2, 0.25) is 0 Å². The van der Waals surface area contributed by atoms with Crippen molar-refractivity contribution in [3.8, 4) is 0 Å². The zero-order chi connectivity index (χ0) is 18.6. The summed E-state index contributed by atoms with van der Waals surface area (Å²) < 4.78 is 3.08. The molecule has 1 saturated heterocycles. The van der Waals surface area contributed by atoms with Crippen molar-refractivity contribution in [3.63, 3.8) is 0 Å². The zero-order valence-electron chi connectivity index (χ0n) is 15.7. The van der Waals surface area contributed by atoms with E-state index in [1.807, 2.05) is 4.68 Å². The van der Waals surface area contributed by atoms with E-state index in [2.05, 4.69) is 20.0 Å². The summed E-state index contributed by atoms with van der Waals surface area (Å²) in [5, 5.41) is 5.22. The normalized spacial score (nSPS) is 19.4. The molecule has 1 aliphatic heterocycles. The number of piperidine rings is 1. The molecule has 2 aliphatic rings. The number of anilines is 1. The van der Waals surface area contributed by atoms with Gasteiger partial charge in [-0.1, -0.05) is 25.7 Å². The number of rotatable bonds is 5. The molecular weight excluding hydrogens is 364 g/mol. The molecule has 4 rings (SSSR count). The minimum Gasteiger partial charge on any atom is -0.301 e. The van der Waals surface area contributed by atoms with Gasteiger partial charge in [-0.3, -0.25) is 4.79 Å². The lowest BCUT2D eigenvalue weighted by atomic mass is 9.88. The summed E-state index contributed by atoms with van der Waals surface area (Å²) in [6.45, 7) is 4.05. The maximum absolute atomic E-state index is 12.8. The van der Waals surface area contributed by atoms with Crippen molar-refractivity contribution in [1.29, 1.82) is 0 Å². The fourth-order valence-corrected chi connectivity index (χ4v) is 4.51. The van der Waals surface area contributed by atoms with Gasteiger partial charge in [-0.25, -0.2) is 19.1 Å². The first kappa shape index (κ1) is 18.6. The van der Waals surface area contributed by atoms with Crippen LogP contribution in [0, 0.1) is 5.92 Å². The molecule has 2 aromatic rings. The highest BCUT2D eigenvalue weighted by molar-refractivity contribution is 6.37. The summed E-state index contributed by atoms with van der Waals surface area (Å²) >= 11 is 6.43. The first-order valence-corrected chi connectivity index (χ1v) is 10.5. The maximum Gasteiger partial charge on any atom is 0.246 e. The third kappa shape index (κ3) is 4.09. The Morgan fingerprint density at radius 3 is 2.59 bits per heavy atom. The quantitative estimate of drug-likeness (QED) is 0.732. The molecule has 1 amide bonds. The van der Waals surface area contributed by atoms with Crippen LogP contribution in [0.25, 0.3) is 11.0 Å². The fourth-order valence-electron chi connectivity index (χ4n) is 4.23. The molecule has 0 radical (unpaired) electrons. The molecule has 2 fully saturated rings. The third-order valence-corrected chi connectivity index (χ3v) is 6.15. The summed E-state index contributed by atoms with van der Waals surface area (Å²) in [4.78, 5) is 23.9. The number of nitrogens with zero attached hydrogens (tertiary/aromatic N) is 6. The van der Waals surface area contributed by atoms with E-state index >= 15 is 0 Å². The summed E-state index contributed by atoms with van der Waals surface area (Å²) in [6.07, 6.45) is 12.3. The van der Waals surface area contributed by atoms with Gasteiger partial charge in [0.2, 0.25) is 5.91 Å². The maximum atomic E-state index is 12.8. The second-order valence-electron chi connectivity index (χ2n) is 7.66. The number of aromatic nitrogens is 4. The summed E-state index contributed by atoms with van der Waals surface area (Å²) in [7, 11) is 0. The Bertz CT molecular complexity index is 782. The number of halogens is 1. The molecule has 7 nitrogen and oxygen atoms in total. The smallest absolute Gasteiger partial charge is 0.246 e. The summed E-state index contributed by atoms with van der Waals surface area (Å²) in [5.74, 6) is 0.384. The predicted molar refractivity (Wildman–Crippen MR) is 106 cm³/mol. The van der Waals surface area contributed by atoms with Gasteiger partial charge in [-0.15, -0.1) is 0 Å². The molecule has 3 heterocycles. The lowest BCUT2D eigenvalue weighted by Crippen LogP contribution is -2.32. The lowest BCUT2D eigenvalue weighted by Gasteiger charge is -2.26. The van der Waals surface area contributed by atoms with Gasteiger partial charge < -0.3 is 4.90 Å². The Labute approximate surface area is 164 Å². The third-order valence-electron chi connectivity index (χ3n) is 5.82. The van der Waals surface area contributed by atoms with Crippen LogP contribution >= 0.6 is 11.8 Å². The molecule has 146 valence electrons. The van der Waals surface area contributed by atoms with Crippen LogP contribution in [0.1, 0.15) is 51.4 Å². The predicted octanol–water partition coefficient (Wildman–Crippen LogP) is 3.38. The molecule has 0 unspecified atom stereocenters. The van der Waals surface area contributed by atoms with Gasteiger partial charge in [0.05, 0.1) is 18.1 Å². The molecule has 1 aliphatic carbocycles. The summed E-state index contributed by atoms with van der Waals surface area (Å²) in [5.41, 5.74) is 0.735. The standard InChI is InChI=1S/C19H27ClN6O/c20-26(19(27)15-7-3-1-4-8-15)18-16-13-23-25(17(16)21-14-22-18)12-11-24-9-5-2-6-10-24/h13-15H,1-12H2. The number of hydrogen-bond acceptors (Lipinski definition) is 5. The topological polar surface area (TPSA) is 67.2 Å². The Morgan fingerprint density at radius 1 is 1.07 bits per heavy atom. The highest BCUT2D eigenvalue weighted by atomic mass is 35.5. The van der Waals surface area contributed by atoms with Crippen LogP contribution in [-0.4, -0.2) is 50.2 Å². The monoisotopic (exact) mass is 390 g/mol. The van der Waals surface area contributed by atoms with E-state index in [9.17, 15) is 4.79 Å². The molecule has 2 aromatic heterocycles. The molecule has 1 saturated carbocycles. The Kier molecular flexibility index (Phi) is 5.88. The van der Waals surface area contributed by atoms with Gasteiger partial charge in [0, 0.05) is 24.2 Å². The number of hydrogen-bond donors (Lipinski definition) is 0. The van der Waals surface area contributed by atoms with Gasteiger partial charge in [-0.05, 0) is 38.8 Å². The van der Waals surface area contributed by atoms with Gasteiger partial charge in [0.25, 0.3) is 0 Å². The van der Waals surface area contributed by atoms with Gasteiger partial charge in [-0.2, -0.15) is 5.10 Å². The van der Waals surface area contributed by atoms with Gasteiger partial charge in [0.15, 0.2) is 11.5 Å². The van der Waals surface area contributed by atoms with E-state index in [0.717, 1.165) is 62.9 Å². The van der Waals surface area contributed by atoms with Crippen LogP contribution in [-0.2, 0) is 11.3 Å². The van der Waals surface area contributed by atoms with E-state index in [-0.39, 0.29) is 11.8 Å². The molecule has 27 heavy (non-hydrogen) atoms. The highest BCUT2D eigenvalue weighted by Crippen LogP contribution is 2.30. The second-order valence-corrected chi connectivity index (χ2v) is 8.00. The number of carbonyl (C=O) groups is 1. The largest absolute Gasteiger partial charge is 0.301 e. The first-order chi connectivity index (χ1) is 13.2. The van der Waals surface area contributed by atoms with Crippen molar-refractivity contribution < 1.29 is 4.79 Å². The van der Waals surface area contributed by atoms with Crippen molar-refractivity contribution in [3.05, 3.63) is 12.5 Å². The number of fused-ring (bicyclic) bond motifs is 1. The molecule has 0 N–H and O–H groups in total. The SMILES string of the molecule is O=C(C1CCCCC1)N(Cl)c1ncnc2c1cnn2CCN1CCCCC1. The van der Waals surface area contributed by atoms with E-state index in [1.165, 1.54) is 36.4 Å². The van der Waals surface area contributed by atoms with Gasteiger partial charge in [0.1, 0.15) is 6.33 Å². The Morgan fingerprint density at radius 2 is 1.81 bits per heavy atom. The van der Waals surface area contributed by atoms with Crippen LogP contribution in [0.5, 0.6) is 0 Å². The number of carbonyl (C=O) groups excluding carboxylic acids is 1. The van der Waals surface area contributed by atoms with Crippen LogP contribution in [0.4, 0.5) is 5.82 Å². The molecule has 0 aromatic carbocycles. The molecular formula is C19H27ClN6O. The molecule has 0 atom stereocenters. The van der Waals surface area contributed by atoms with Crippen molar-refractivity contribution in [2.45, 2.75) is 57.9 Å². The number of likely N-dealkylation sites (tertiary alicyclic amines) is 1. The van der Waals surface area contributed by atoms with Crippen LogP contribution < -0.4 is 4.42 Å². The molecule has 0 bridgehead atoms. The molecule has 8 heteroatoms.